The number of rotatable bonds is 2. The zero-order valence-corrected chi connectivity index (χ0v) is 12.1. The molecule has 0 aliphatic carbocycles. The highest BCUT2D eigenvalue weighted by Gasteiger charge is 2.13. The Bertz CT molecular complexity index is 838. The first-order valence-electron chi connectivity index (χ1n) is 5.99. The standard InChI is InChI=1S/C14H8Cl2N4O/c15-11-7-9(8-3-1-2-4-10(8)18-11)13(21)19-12-5-6-17-14(16)20-12/h1-7H,(H,17,19,20,21). The smallest absolute Gasteiger partial charge is 0.257 e. The maximum absolute atomic E-state index is 12.4. The number of anilines is 1. The number of hydrogen-bond acceptors (Lipinski definition) is 4. The Balaban J connectivity index is 2.02. The maximum atomic E-state index is 12.4. The van der Waals surface area contributed by atoms with Crippen LogP contribution in [-0.2, 0) is 0 Å². The molecule has 21 heavy (non-hydrogen) atoms. The molecule has 1 N–H and O–H groups in total. The maximum Gasteiger partial charge on any atom is 0.257 e. The molecule has 0 radical (unpaired) electrons. The third-order valence-corrected chi connectivity index (χ3v) is 3.17. The van der Waals surface area contributed by atoms with Gasteiger partial charge in [-0.3, -0.25) is 4.79 Å². The van der Waals surface area contributed by atoms with Gasteiger partial charge in [0, 0.05) is 11.6 Å². The summed E-state index contributed by atoms with van der Waals surface area (Å²) in [7, 11) is 0. The molecule has 0 bridgehead atoms. The minimum absolute atomic E-state index is 0.0606. The average Bonchev–Trinajstić information content (AvgIpc) is 2.46. The van der Waals surface area contributed by atoms with Gasteiger partial charge in [0.05, 0.1) is 11.1 Å². The lowest BCUT2D eigenvalue weighted by molar-refractivity contribution is 0.102. The summed E-state index contributed by atoms with van der Waals surface area (Å²) in [6.07, 6.45) is 1.46. The minimum atomic E-state index is -0.342. The van der Waals surface area contributed by atoms with E-state index in [-0.39, 0.29) is 16.3 Å². The van der Waals surface area contributed by atoms with Gasteiger partial charge in [0.2, 0.25) is 5.28 Å². The number of amides is 1. The number of nitrogens with one attached hydrogen (secondary N) is 1. The van der Waals surface area contributed by atoms with Crippen molar-refractivity contribution in [2.24, 2.45) is 0 Å². The molecule has 0 atom stereocenters. The average molecular weight is 319 g/mol. The normalized spacial score (nSPS) is 10.6. The second-order valence-corrected chi connectivity index (χ2v) is 4.90. The van der Waals surface area contributed by atoms with Crippen LogP contribution in [0.5, 0.6) is 0 Å². The van der Waals surface area contributed by atoms with Crippen molar-refractivity contribution >= 4 is 45.8 Å². The highest BCUT2D eigenvalue weighted by Crippen LogP contribution is 2.21. The van der Waals surface area contributed by atoms with Crippen LogP contribution in [0.25, 0.3) is 10.9 Å². The quantitative estimate of drug-likeness (QED) is 0.579. The number of hydrogen-bond donors (Lipinski definition) is 1. The van der Waals surface area contributed by atoms with Crippen molar-refractivity contribution in [2.45, 2.75) is 0 Å². The molecule has 1 amide bonds. The first-order chi connectivity index (χ1) is 10.1. The van der Waals surface area contributed by atoms with Crippen LogP contribution < -0.4 is 5.32 Å². The van der Waals surface area contributed by atoms with Crippen LogP contribution in [0, 0.1) is 0 Å². The predicted molar refractivity (Wildman–Crippen MR) is 81.7 cm³/mol. The molecule has 0 aliphatic rings. The summed E-state index contributed by atoms with van der Waals surface area (Å²) in [5.41, 5.74) is 1.07. The number of carbonyl (C=O) groups is 1. The number of para-hydroxylation sites is 1. The Morgan fingerprint density at radius 1 is 1.10 bits per heavy atom. The molecule has 3 aromatic rings. The van der Waals surface area contributed by atoms with Crippen LogP contribution in [0.2, 0.25) is 10.4 Å². The number of fused-ring (bicyclic) bond motifs is 1. The third-order valence-electron chi connectivity index (χ3n) is 2.80. The van der Waals surface area contributed by atoms with Crippen molar-refractivity contribution in [3.05, 3.63) is 58.6 Å². The van der Waals surface area contributed by atoms with Gasteiger partial charge in [0.25, 0.3) is 5.91 Å². The van der Waals surface area contributed by atoms with Crippen LogP contribution in [0.1, 0.15) is 10.4 Å². The Labute approximate surface area is 130 Å². The number of halogens is 2. The van der Waals surface area contributed by atoms with E-state index in [1.165, 1.54) is 12.3 Å². The molecule has 0 spiro atoms. The summed E-state index contributed by atoms with van der Waals surface area (Å²) in [6, 6.07) is 10.3. The van der Waals surface area contributed by atoms with Gasteiger partial charge < -0.3 is 5.32 Å². The molecule has 1 aromatic carbocycles. The molecular formula is C14H8Cl2N4O. The van der Waals surface area contributed by atoms with Crippen LogP contribution in [-0.4, -0.2) is 20.9 Å². The molecule has 104 valence electrons. The predicted octanol–water partition coefficient (Wildman–Crippen LogP) is 3.58. The van der Waals surface area contributed by atoms with Gasteiger partial charge in [-0.15, -0.1) is 0 Å². The van der Waals surface area contributed by atoms with E-state index >= 15 is 0 Å². The third kappa shape index (κ3) is 2.94. The fourth-order valence-corrected chi connectivity index (χ4v) is 2.27. The van der Waals surface area contributed by atoms with Gasteiger partial charge in [-0.25, -0.2) is 15.0 Å². The molecule has 0 saturated heterocycles. The van der Waals surface area contributed by atoms with E-state index in [9.17, 15) is 4.79 Å². The molecule has 3 rings (SSSR count). The van der Waals surface area contributed by atoms with E-state index in [0.717, 1.165) is 0 Å². The van der Waals surface area contributed by atoms with Gasteiger partial charge in [-0.05, 0) is 29.8 Å². The summed E-state index contributed by atoms with van der Waals surface area (Å²) in [6.45, 7) is 0. The molecule has 0 saturated carbocycles. The Hall–Kier alpha value is -2.24. The first-order valence-corrected chi connectivity index (χ1v) is 6.74. The van der Waals surface area contributed by atoms with E-state index in [4.69, 9.17) is 23.2 Å². The van der Waals surface area contributed by atoms with Crippen molar-refractivity contribution in [2.75, 3.05) is 5.32 Å². The van der Waals surface area contributed by atoms with Gasteiger partial charge in [-0.2, -0.15) is 0 Å². The Morgan fingerprint density at radius 2 is 1.90 bits per heavy atom. The van der Waals surface area contributed by atoms with E-state index in [2.05, 4.69) is 20.3 Å². The summed E-state index contributed by atoms with van der Waals surface area (Å²) in [5.74, 6) is -0.0257. The molecule has 7 heteroatoms. The lowest BCUT2D eigenvalue weighted by atomic mass is 10.1. The molecule has 2 aromatic heterocycles. The molecular weight excluding hydrogens is 311 g/mol. The van der Waals surface area contributed by atoms with Crippen molar-refractivity contribution < 1.29 is 4.79 Å². The number of benzene rings is 1. The van der Waals surface area contributed by atoms with E-state index < -0.39 is 0 Å². The molecule has 5 nitrogen and oxygen atoms in total. The highest BCUT2D eigenvalue weighted by molar-refractivity contribution is 6.30. The molecule has 0 aliphatic heterocycles. The Morgan fingerprint density at radius 3 is 2.71 bits per heavy atom. The second-order valence-electron chi connectivity index (χ2n) is 4.17. The summed E-state index contributed by atoms with van der Waals surface area (Å²) in [4.78, 5) is 24.2. The van der Waals surface area contributed by atoms with Gasteiger partial charge in [-0.1, -0.05) is 29.8 Å². The lowest BCUT2D eigenvalue weighted by Gasteiger charge is -2.08. The van der Waals surface area contributed by atoms with Crippen LogP contribution in [0.4, 0.5) is 5.82 Å². The van der Waals surface area contributed by atoms with Gasteiger partial charge in [0.1, 0.15) is 11.0 Å². The molecule has 0 fully saturated rings. The van der Waals surface area contributed by atoms with Gasteiger partial charge in [0.15, 0.2) is 0 Å². The monoisotopic (exact) mass is 318 g/mol. The van der Waals surface area contributed by atoms with Gasteiger partial charge >= 0.3 is 0 Å². The zero-order chi connectivity index (χ0) is 14.8. The van der Waals surface area contributed by atoms with E-state index in [0.29, 0.717) is 22.3 Å². The largest absolute Gasteiger partial charge is 0.306 e. The van der Waals surface area contributed by atoms with E-state index in [1.54, 1.807) is 18.2 Å². The molecule has 2 heterocycles. The van der Waals surface area contributed by atoms with Crippen LogP contribution in [0.3, 0.4) is 0 Å². The van der Waals surface area contributed by atoms with E-state index in [1.807, 2.05) is 12.1 Å². The number of carbonyl (C=O) groups excluding carboxylic acids is 1. The number of nitrogens with zero attached hydrogens (tertiary/aromatic N) is 3. The number of pyridine rings is 1. The van der Waals surface area contributed by atoms with Crippen molar-refractivity contribution in [3.63, 3.8) is 0 Å². The fourth-order valence-electron chi connectivity index (χ4n) is 1.92. The van der Waals surface area contributed by atoms with Crippen molar-refractivity contribution in [1.29, 1.82) is 0 Å². The van der Waals surface area contributed by atoms with Crippen molar-refractivity contribution in [3.8, 4) is 0 Å². The topological polar surface area (TPSA) is 67.8 Å². The molecule has 0 unspecified atom stereocenters. The minimum Gasteiger partial charge on any atom is -0.306 e. The van der Waals surface area contributed by atoms with Crippen LogP contribution in [0.15, 0.2) is 42.6 Å². The zero-order valence-electron chi connectivity index (χ0n) is 10.5. The lowest BCUT2D eigenvalue weighted by Crippen LogP contribution is -2.14. The summed E-state index contributed by atoms with van der Waals surface area (Å²) in [5, 5.41) is 3.68. The second kappa shape index (κ2) is 5.63. The highest BCUT2D eigenvalue weighted by atomic mass is 35.5. The van der Waals surface area contributed by atoms with Crippen LogP contribution >= 0.6 is 23.2 Å². The first kappa shape index (κ1) is 13.7. The Kier molecular flexibility index (Phi) is 3.68. The fraction of sp³-hybridized carbons (Fsp3) is 0. The summed E-state index contributed by atoms with van der Waals surface area (Å²) < 4.78 is 0. The number of aromatic nitrogens is 3. The summed E-state index contributed by atoms with van der Waals surface area (Å²) >= 11 is 11.6. The van der Waals surface area contributed by atoms with Crippen molar-refractivity contribution in [1.82, 2.24) is 15.0 Å². The SMILES string of the molecule is O=C(Nc1ccnc(Cl)n1)c1cc(Cl)nc2ccccc12.